The number of nitrogens with zero attached hydrogens (tertiary/aromatic N) is 6. The number of benzene rings is 1. The van der Waals surface area contributed by atoms with Gasteiger partial charge in [0.15, 0.2) is 0 Å². The van der Waals surface area contributed by atoms with Crippen LogP contribution in [0.5, 0.6) is 11.8 Å². The third-order valence-electron chi connectivity index (χ3n) is 7.94. The predicted octanol–water partition coefficient (Wildman–Crippen LogP) is 5.29. The number of aliphatic hydroxyl groups excluding tert-OH is 1. The molecule has 262 valence electrons. The minimum atomic E-state index is 0.0334. The maximum atomic E-state index is 9.10. The summed E-state index contributed by atoms with van der Waals surface area (Å²) in [4.78, 5) is 18.7. The zero-order valence-corrected chi connectivity index (χ0v) is 29.6. The minimum Gasteiger partial charge on any atom is -0.480 e. The second-order valence-electron chi connectivity index (χ2n) is 11.5. The van der Waals surface area contributed by atoms with Crippen LogP contribution in [0.1, 0.15) is 41.1 Å². The molecule has 4 aromatic rings. The quantitative estimate of drug-likeness (QED) is 0.106. The van der Waals surface area contributed by atoms with Crippen LogP contribution in [-0.4, -0.2) is 68.2 Å². The minimum absolute atomic E-state index is 0.0334. The Kier molecular flexibility index (Phi) is 13.1. The molecule has 0 spiro atoms. The van der Waals surface area contributed by atoms with Crippen LogP contribution in [0.15, 0.2) is 79.0 Å². The second kappa shape index (κ2) is 17.9. The highest BCUT2D eigenvalue weighted by Crippen LogP contribution is 2.35. The third-order valence-corrected chi connectivity index (χ3v) is 8.67. The van der Waals surface area contributed by atoms with Crippen LogP contribution in [0.2, 0.25) is 5.02 Å². The fraction of sp³-hybridized carbons (Fsp3) is 0.306. The Hall–Kier alpha value is -4.59. The normalized spacial score (nSPS) is 14.9. The number of aromatic nitrogens is 6. The van der Waals surface area contributed by atoms with Gasteiger partial charge in [0, 0.05) is 60.8 Å². The molecule has 0 amide bonds. The largest absolute Gasteiger partial charge is 0.480 e. The number of hydrogen-bond donors (Lipinski definition) is 4. The molecule has 1 aliphatic rings. The van der Waals surface area contributed by atoms with Gasteiger partial charge in [-0.25, -0.2) is 9.97 Å². The molecule has 0 saturated carbocycles. The van der Waals surface area contributed by atoms with Crippen molar-refractivity contribution in [1.82, 2.24) is 45.7 Å². The monoisotopic (exact) mass is 717 g/mol. The van der Waals surface area contributed by atoms with Crippen LogP contribution in [-0.2, 0) is 26.2 Å². The van der Waals surface area contributed by atoms with Gasteiger partial charge in [-0.3, -0.25) is 14.6 Å². The van der Waals surface area contributed by atoms with Crippen LogP contribution in [0, 0.1) is 0 Å². The van der Waals surface area contributed by atoms with Gasteiger partial charge in [0.25, 0.3) is 0 Å². The van der Waals surface area contributed by atoms with Crippen LogP contribution in [0.25, 0.3) is 22.9 Å². The van der Waals surface area contributed by atoms with Crippen LogP contribution in [0.3, 0.4) is 0 Å². The third kappa shape index (κ3) is 9.34. The van der Waals surface area contributed by atoms with E-state index in [2.05, 4.69) is 44.2 Å². The van der Waals surface area contributed by atoms with Gasteiger partial charge < -0.3 is 30.5 Å². The van der Waals surface area contributed by atoms with Gasteiger partial charge in [-0.05, 0) is 24.5 Å². The molecule has 0 unspecified atom stereocenters. The van der Waals surface area contributed by atoms with E-state index in [0.29, 0.717) is 93.5 Å². The topological polar surface area (TPSA) is 144 Å². The van der Waals surface area contributed by atoms with Crippen LogP contribution >= 0.6 is 23.2 Å². The van der Waals surface area contributed by atoms with Gasteiger partial charge in [-0.2, -0.15) is 5.10 Å². The summed E-state index contributed by atoms with van der Waals surface area (Å²) >= 11 is 13.9. The molecule has 5 rings (SSSR count). The molecule has 1 fully saturated rings. The summed E-state index contributed by atoms with van der Waals surface area (Å²) in [5, 5.41) is 24.3. The Morgan fingerprint density at radius 2 is 1.84 bits per heavy atom. The lowest BCUT2D eigenvalue weighted by molar-refractivity contribution is 0.269. The van der Waals surface area contributed by atoms with E-state index in [0.717, 1.165) is 30.6 Å². The van der Waals surface area contributed by atoms with Crippen molar-refractivity contribution in [3.05, 3.63) is 112 Å². The Bertz CT molecular complexity index is 1880. The van der Waals surface area contributed by atoms with Gasteiger partial charge >= 0.3 is 0 Å². The van der Waals surface area contributed by atoms with Crippen molar-refractivity contribution >= 4 is 34.9 Å². The van der Waals surface area contributed by atoms with Gasteiger partial charge in [0.2, 0.25) is 11.8 Å². The van der Waals surface area contributed by atoms with Crippen LogP contribution < -0.4 is 25.4 Å². The maximum Gasteiger partial charge on any atom is 0.237 e. The molecule has 0 bridgehead atoms. The highest BCUT2D eigenvalue weighted by Gasteiger charge is 2.19. The van der Waals surface area contributed by atoms with E-state index >= 15 is 0 Å². The van der Waals surface area contributed by atoms with E-state index < -0.39 is 0 Å². The molecule has 1 aromatic carbocycles. The molecule has 14 heteroatoms. The highest BCUT2D eigenvalue weighted by molar-refractivity contribution is 6.40. The number of rotatable bonds is 17. The molecule has 4 N–H and O–H groups in total. The van der Waals surface area contributed by atoms with Crippen molar-refractivity contribution in [2.24, 2.45) is 0 Å². The van der Waals surface area contributed by atoms with E-state index in [-0.39, 0.29) is 6.61 Å². The van der Waals surface area contributed by atoms with Crippen molar-refractivity contribution in [3.8, 4) is 23.0 Å². The zero-order chi connectivity index (χ0) is 35.5. The Morgan fingerprint density at radius 3 is 2.56 bits per heavy atom. The summed E-state index contributed by atoms with van der Waals surface area (Å²) < 4.78 is 12.9. The predicted molar refractivity (Wildman–Crippen MR) is 196 cm³/mol. The molecule has 0 radical (unpaired) electrons. The van der Waals surface area contributed by atoms with E-state index in [1.165, 1.54) is 0 Å². The summed E-state index contributed by atoms with van der Waals surface area (Å²) in [6.45, 7) is 10.6. The Balaban J connectivity index is 1.30. The average molecular weight is 719 g/mol. The molecule has 1 aliphatic heterocycles. The molecule has 1 saturated heterocycles. The number of aliphatic hydroxyl groups is 1. The maximum absolute atomic E-state index is 9.10. The number of hydrogen-bond acceptors (Lipinski definition) is 11. The molecular formula is C36H41Cl2N9O3. The fourth-order valence-electron chi connectivity index (χ4n) is 5.45. The zero-order valence-electron chi connectivity index (χ0n) is 28.1. The van der Waals surface area contributed by atoms with E-state index in [9.17, 15) is 0 Å². The SMILES string of the molecule is C=C/C=C(\C(Cl)=C\c1cccc(-c2cnc(CNCc3cnn(CCO)c3)c(OC)n2)c1Cl)c1cnc(CNC[C@@H]2CCC(=C)N2)c(OC)n1. The van der Waals surface area contributed by atoms with Crippen molar-refractivity contribution in [2.45, 2.75) is 45.1 Å². The lowest BCUT2D eigenvalue weighted by atomic mass is 10.1. The molecule has 4 heterocycles. The fourth-order valence-corrected chi connectivity index (χ4v) is 6.00. The first-order valence-electron chi connectivity index (χ1n) is 16.1. The second-order valence-corrected chi connectivity index (χ2v) is 12.3. The summed E-state index contributed by atoms with van der Waals surface area (Å²) in [6.07, 6.45) is 14.2. The van der Waals surface area contributed by atoms with Crippen molar-refractivity contribution in [2.75, 3.05) is 27.4 Å². The lowest BCUT2D eigenvalue weighted by Gasteiger charge is -2.14. The van der Waals surface area contributed by atoms with E-state index in [1.807, 2.05) is 24.4 Å². The first kappa shape index (κ1) is 36.7. The molecular weight excluding hydrogens is 677 g/mol. The summed E-state index contributed by atoms with van der Waals surface area (Å²) in [5.74, 6) is 0.781. The number of allylic oxidation sites excluding steroid dienone is 5. The van der Waals surface area contributed by atoms with Gasteiger partial charge in [0.1, 0.15) is 11.4 Å². The first-order valence-corrected chi connectivity index (χ1v) is 16.9. The summed E-state index contributed by atoms with van der Waals surface area (Å²) in [5.41, 5.74) is 6.38. The highest BCUT2D eigenvalue weighted by atomic mass is 35.5. The Labute approximate surface area is 302 Å². The van der Waals surface area contributed by atoms with Crippen LogP contribution in [0.4, 0.5) is 0 Å². The molecule has 50 heavy (non-hydrogen) atoms. The number of methoxy groups -OCH3 is 2. The van der Waals surface area contributed by atoms with Crippen molar-refractivity contribution in [1.29, 1.82) is 0 Å². The molecule has 12 nitrogen and oxygen atoms in total. The van der Waals surface area contributed by atoms with Crippen molar-refractivity contribution < 1.29 is 14.6 Å². The van der Waals surface area contributed by atoms with E-state index in [1.54, 1.807) is 55.7 Å². The summed E-state index contributed by atoms with van der Waals surface area (Å²) in [6, 6.07) is 5.94. The molecule has 1 atom stereocenters. The van der Waals surface area contributed by atoms with Gasteiger partial charge in [-0.1, -0.05) is 66.7 Å². The lowest BCUT2D eigenvalue weighted by Crippen LogP contribution is -2.33. The standard InChI is InChI=1S/C36H41Cl2N9O3/c1-5-7-27(30-20-41-33(35(45-30)49-3)19-40-17-26-11-10-23(2)44-26)29(37)14-25-8-6-9-28(34(25)38)31-21-42-32(36(46-31)50-4)18-39-15-24-16-43-47(22-24)12-13-48/h5-9,14,16,20-22,26,39-40,44,48H,1-2,10-13,15,17-19H2,3-4H3/b27-7+,29-14-/t26-/m0/s1. The van der Waals surface area contributed by atoms with Gasteiger partial charge in [0.05, 0.1) is 67.4 Å². The number of ether oxygens (including phenoxy) is 2. The van der Waals surface area contributed by atoms with E-state index in [4.69, 9.17) is 47.8 Å². The first-order chi connectivity index (χ1) is 24.3. The van der Waals surface area contributed by atoms with Gasteiger partial charge in [-0.15, -0.1) is 0 Å². The number of nitrogens with one attached hydrogen (secondary N) is 3. The molecule has 0 aliphatic carbocycles. The molecule has 3 aromatic heterocycles. The summed E-state index contributed by atoms with van der Waals surface area (Å²) in [7, 11) is 3.12. The average Bonchev–Trinajstić information content (AvgIpc) is 3.76. The Morgan fingerprint density at radius 1 is 1.08 bits per heavy atom. The number of halogens is 2. The smallest absolute Gasteiger partial charge is 0.237 e. The van der Waals surface area contributed by atoms with Crippen molar-refractivity contribution in [3.63, 3.8) is 0 Å².